The predicted molar refractivity (Wildman–Crippen MR) is 97.0 cm³/mol. The third-order valence-electron chi connectivity index (χ3n) is 3.78. The Morgan fingerprint density at radius 3 is 2.68 bits per heavy atom. The van der Waals surface area contributed by atoms with Gasteiger partial charge in [0.2, 0.25) is 0 Å². The molecule has 25 heavy (non-hydrogen) atoms. The van der Waals surface area contributed by atoms with Crippen molar-refractivity contribution in [2.45, 2.75) is 12.8 Å². The number of imidazole rings is 1. The molecule has 0 saturated heterocycles. The molecule has 6 nitrogen and oxygen atoms in total. The number of aryl methyl sites for hydroxylation is 2. The minimum atomic E-state index is -0.154. The van der Waals surface area contributed by atoms with Crippen molar-refractivity contribution in [1.82, 2.24) is 9.97 Å². The van der Waals surface area contributed by atoms with E-state index in [0.29, 0.717) is 22.9 Å². The lowest BCUT2D eigenvalue weighted by Crippen LogP contribution is -2.09. The number of H-pyrrole nitrogens is 1. The summed E-state index contributed by atoms with van der Waals surface area (Å²) in [6.07, 6.45) is 2.97. The fraction of sp³-hybridized carbons (Fsp3) is 0.118. The van der Waals surface area contributed by atoms with Gasteiger partial charge in [0.15, 0.2) is 10.6 Å². The molecule has 0 unspecified atom stereocenters. The third-order valence-corrected chi connectivity index (χ3v) is 4.33. The molecule has 0 spiro atoms. The van der Waals surface area contributed by atoms with Gasteiger partial charge in [-0.2, -0.15) is 5.84 Å². The van der Waals surface area contributed by atoms with Crippen LogP contribution in [0.3, 0.4) is 0 Å². The van der Waals surface area contributed by atoms with Gasteiger partial charge in [0.25, 0.3) is 0 Å². The van der Waals surface area contributed by atoms with E-state index in [2.05, 4.69) is 9.97 Å². The van der Waals surface area contributed by atoms with E-state index in [9.17, 15) is 10.0 Å². The monoisotopic (exact) mass is 377 g/mol. The van der Waals surface area contributed by atoms with Crippen LogP contribution in [0.15, 0.2) is 42.6 Å². The zero-order valence-corrected chi connectivity index (χ0v) is 14.6. The highest BCUT2D eigenvalue weighted by Gasteiger charge is 2.16. The minimum absolute atomic E-state index is 0.0329. The van der Waals surface area contributed by atoms with Crippen molar-refractivity contribution in [1.29, 1.82) is 0 Å². The summed E-state index contributed by atoms with van der Waals surface area (Å²) in [5.74, 6) is 5.79. The Morgan fingerprint density at radius 2 is 1.96 bits per heavy atom. The molecule has 0 saturated carbocycles. The zero-order chi connectivity index (χ0) is 18.0. The maximum atomic E-state index is 11.2. The molecule has 3 aromatic rings. The van der Waals surface area contributed by atoms with Gasteiger partial charge in [-0.1, -0.05) is 29.3 Å². The quantitative estimate of drug-likeness (QED) is 0.353. The molecule has 0 aliphatic rings. The number of hydrogen-bond acceptors (Lipinski definition) is 3. The van der Waals surface area contributed by atoms with Crippen LogP contribution in [0.25, 0.3) is 11.3 Å². The largest absolute Gasteiger partial charge is 0.502 e. The van der Waals surface area contributed by atoms with Crippen LogP contribution < -0.4 is 5.84 Å². The van der Waals surface area contributed by atoms with E-state index in [1.807, 2.05) is 6.07 Å². The summed E-state index contributed by atoms with van der Waals surface area (Å²) < 4.78 is 0. The van der Waals surface area contributed by atoms with Crippen LogP contribution in [-0.4, -0.2) is 19.9 Å². The van der Waals surface area contributed by atoms with Crippen molar-refractivity contribution in [3.8, 4) is 17.0 Å². The number of aromatic hydroxyl groups is 1. The van der Waals surface area contributed by atoms with Gasteiger partial charge in [-0.3, -0.25) is 0 Å². The van der Waals surface area contributed by atoms with Gasteiger partial charge in [0.1, 0.15) is 5.82 Å². The first-order valence-corrected chi connectivity index (χ1v) is 8.23. The van der Waals surface area contributed by atoms with E-state index in [0.717, 1.165) is 22.6 Å². The number of benzene rings is 2. The second-order valence-corrected chi connectivity index (χ2v) is 6.36. The Morgan fingerprint density at radius 1 is 1.16 bits per heavy atom. The number of phenolic OH excluding ortho intramolecular Hbond substituents is 1. The van der Waals surface area contributed by atoms with E-state index in [1.54, 1.807) is 30.5 Å². The first-order chi connectivity index (χ1) is 11.9. The van der Waals surface area contributed by atoms with Gasteiger partial charge in [0.05, 0.1) is 21.8 Å². The Labute approximate surface area is 153 Å². The fourth-order valence-corrected chi connectivity index (χ4v) is 3.01. The predicted octanol–water partition coefficient (Wildman–Crippen LogP) is 4.16. The molecule has 0 bridgehead atoms. The summed E-state index contributed by atoms with van der Waals surface area (Å²) in [5, 5.41) is 10.7. The molecule has 0 atom stereocenters. The molecule has 0 fully saturated rings. The molecule has 1 heterocycles. The standard InChI is InChI=1S/C17H14Cl2N4O2/c18-11-3-4-12(13(19)8-11)14-9-21-17(22-14)6-2-10-1-5-16(24)15(7-10)23(20)25/h1,3-5,7-9H,2,6H2,(H3-,20,21,22,24,25)/p+1. The van der Waals surface area contributed by atoms with Crippen LogP contribution in [-0.2, 0) is 12.8 Å². The number of aromatic nitrogens is 2. The number of nitrogens with zero attached hydrogens (tertiary/aromatic N) is 2. The molecular formula is C17H15Cl2N4O2+. The van der Waals surface area contributed by atoms with E-state index >= 15 is 0 Å². The molecule has 0 amide bonds. The first-order valence-electron chi connectivity index (χ1n) is 7.47. The van der Waals surface area contributed by atoms with Crippen LogP contribution in [0.4, 0.5) is 5.69 Å². The lowest BCUT2D eigenvalue weighted by atomic mass is 10.1. The van der Waals surface area contributed by atoms with Crippen molar-refractivity contribution < 1.29 is 9.98 Å². The zero-order valence-electron chi connectivity index (χ0n) is 13.0. The summed E-state index contributed by atoms with van der Waals surface area (Å²) in [5.41, 5.74) is 2.52. The number of halogens is 2. The molecule has 3 rings (SSSR count). The van der Waals surface area contributed by atoms with Gasteiger partial charge in [-0.15, -0.1) is 0 Å². The number of nitrogens with one attached hydrogen (secondary N) is 1. The van der Waals surface area contributed by atoms with Crippen LogP contribution in [0, 0.1) is 4.91 Å². The number of phenols is 1. The molecule has 0 aliphatic heterocycles. The van der Waals surface area contributed by atoms with Gasteiger partial charge in [-0.25, -0.2) is 4.98 Å². The van der Waals surface area contributed by atoms with Crippen LogP contribution in [0.5, 0.6) is 5.75 Å². The topological polar surface area (TPSA) is 95.0 Å². The van der Waals surface area contributed by atoms with Gasteiger partial charge >= 0.3 is 5.69 Å². The van der Waals surface area contributed by atoms with Crippen LogP contribution >= 0.6 is 23.2 Å². The van der Waals surface area contributed by atoms with Crippen LogP contribution in [0.1, 0.15) is 11.4 Å². The number of rotatable bonds is 5. The van der Waals surface area contributed by atoms with Gasteiger partial charge in [0, 0.05) is 23.1 Å². The van der Waals surface area contributed by atoms with Crippen molar-refractivity contribution in [2.24, 2.45) is 5.84 Å². The Hall–Kier alpha value is -2.57. The molecule has 8 heteroatoms. The van der Waals surface area contributed by atoms with Gasteiger partial charge in [-0.05, 0) is 36.2 Å². The Balaban J connectivity index is 1.74. The highest BCUT2D eigenvalue weighted by atomic mass is 35.5. The lowest BCUT2D eigenvalue weighted by Gasteiger charge is -2.02. The van der Waals surface area contributed by atoms with E-state index in [1.165, 1.54) is 6.07 Å². The molecule has 4 N–H and O–H groups in total. The summed E-state index contributed by atoms with van der Waals surface area (Å²) in [7, 11) is 0. The molecule has 128 valence electrons. The van der Waals surface area contributed by atoms with Crippen molar-refractivity contribution in [2.75, 3.05) is 0 Å². The lowest BCUT2D eigenvalue weighted by molar-refractivity contribution is -0.475. The number of nitrogens with two attached hydrogens (primary N) is 1. The fourth-order valence-electron chi connectivity index (χ4n) is 2.50. The highest BCUT2D eigenvalue weighted by molar-refractivity contribution is 6.36. The molecular weight excluding hydrogens is 363 g/mol. The van der Waals surface area contributed by atoms with E-state index < -0.39 is 0 Å². The number of nitroso groups, excluding NO2 is 1. The summed E-state index contributed by atoms with van der Waals surface area (Å²) in [4.78, 5) is 18.9. The minimum Gasteiger partial charge on any atom is -0.502 e. The van der Waals surface area contributed by atoms with E-state index in [-0.39, 0.29) is 16.3 Å². The summed E-state index contributed by atoms with van der Waals surface area (Å²) >= 11 is 12.1. The van der Waals surface area contributed by atoms with Crippen molar-refractivity contribution in [3.05, 3.63) is 68.9 Å². The number of aromatic amines is 1. The average Bonchev–Trinajstić information content (AvgIpc) is 3.02. The average molecular weight is 378 g/mol. The summed E-state index contributed by atoms with van der Waals surface area (Å²) in [6, 6.07) is 10.0. The van der Waals surface area contributed by atoms with Crippen molar-refractivity contribution in [3.63, 3.8) is 0 Å². The summed E-state index contributed by atoms with van der Waals surface area (Å²) in [6.45, 7) is 0. The molecule has 0 radical (unpaired) electrons. The smallest absolute Gasteiger partial charge is 0.333 e. The number of hydrogen-bond donors (Lipinski definition) is 3. The second kappa shape index (κ2) is 7.13. The molecule has 0 aliphatic carbocycles. The highest BCUT2D eigenvalue weighted by Crippen LogP contribution is 2.29. The number of hydrazine groups is 1. The maximum Gasteiger partial charge on any atom is 0.333 e. The second-order valence-electron chi connectivity index (χ2n) is 5.52. The first kappa shape index (κ1) is 17.3. The van der Waals surface area contributed by atoms with Crippen LogP contribution in [0.2, 0.25) is 10.0 Å². The van der Waals surface area contributed by atoms with Crippen molar-refractivity contribution >= 4 is 28.9 Å². The normalized spacial score (nSPS) is 10.8. The molecule has 1 aromatic heterocycles. The van der Waals surface area contributed by atoms with E-state index in [4.69, 9.17) is 29.0 Å². The SMILES string of the molecule is N[N+](=O)c1cc(CCc2ncc(-c3ccc(Cl)cc3Cl)[nH]2)ccc1O. The molecule has 2 aromatic carbocycles. The Bertz CT molecular complexity index is 940. The third kappa shape index (κ3) is 3.92. The maximum absolute atomic E-state index is 11.2. The van der Waals surface area contributed by atoms with Gasteiger partial charge < -0.3 is 10.1 Å². The Kier molecular flexibility index (Phi) is 4.92.